The summed E-state index contributed by atoms with van der Waals surface area (Å²) >= 11 is 0. The second-order valence-electron chi connectivity index (χ2n) is 11.1. The largest absolute Gasteiger partial charge is 0.497 e. The quantitative estimate of drug-likeness (QED) is 0.192. The predicted molar refractivity (Wildman–Crippen MR) is 178 cm³/mol. The zero-order chi connectivity index (χ0) is 32.4. The molecule has 0 radical (unpaired) electrons. The van der Waals surface area contributed by atoms with Crippen molar-refractivity contribution in [2.45, 2.75) is 57.1 Å². The van der Waals surface area contributed by atoms with Crippen LogP contribution in [0.1, 0.15) is 37.0 Å². The molecule has 2 atom stereocenters. The molecular formula is C36H41N3O5S. The Morgan fingerprint density at radius 1 is 0.844 bits per heavy atom. The first-order chi connectivity index (χ1) is 21.6. The van der Waals surface area contributed by atoms with E-state index in [9.17, 15) is 18.0 Å². The number of ether oxygens (including phenoxy) is 1. The summed E-state index contributed by atoms with van der Waals surface area (Å²) in [6.45, 7) is 5.32. The number of hydrogen-bond donors (Lipinski definition) is 1. The van der Waals surface area contributed by atoms with Gasteiger partial charge in [-0.05, 0) is 67.8 Å². The van der Waals surface area contributed by atoms with Crippen LogP contribution >= 0.6 is 0 Å². The Labute approximate surface area is 266 Å². The third kappa shape index (κ3) is 8.73. The van der Waals surface area contributed by atoms with E-state index < -0.39 is 28.5 Å². The molecule has 4 rings (SSSR count). The van der Waals surface area contributed by atoms with Crippen molar-refractivity contribution in [2.75, 3.05) is 18.0 Å². The van der Waals surface area contributed by atoms with Crippen molar-refractivity contribution in [3.63, 3.8) is 0 Å². The van der Waals surface area contributed by atoms with E-state index in [1.54, 1.807) is 55.6 Å². The first kappa shape index (κ1) is 33.3. The van der Waals surface area contributed by atoms with Crippen LogP contribution in [0, 0.1) is 6.92 Å². The van der Waals surface area contributed by atoms with Crippen LogP contribution in [0.4, 0.5) is 5.69 Å². The molecule has 0 saturated carbocycles. The highest BCUT2D eigenvalue weighted by Gasteiger charge is 2.35. The van der Waals surface area contributed by atoms with Gasteiger partial charge < -0.3 is 15.0 Å². The van der Waals surface area contributed by atoms with Crippen LogP contribution < -0.4 is 14.4 Å². The second kappa shape index (κ2) is 15.4. The minimum Gasteiger partial charge on any atom is -0.497 e. The van der Waals surface area contributed by atoms with Gasteiger partial charge in [-0.1, -0.05) is 85.3 Å². The fraction of sp³-hybridized carbons (Fsp3) is 0.278. The molecule has 0 saturated heterocycles. The zero-order valence-corrected chi connectivity index (χ0v) is 27.0. The third-order valence-corrected chi connectivity index (χ3v) is 9.48. The van der Waals surface area contributed by atoms with Gasteiger partial charge in [0, 0.05) is 19.0 Å². The molecule has 9 heteroatoms. The Morgan fingerprint density at radius 3 is 2.09 bits per heavy atom. The molecule has 0 aliphatic carbocycles. The monoisotopic (exact) mass is 627 g/mol. The number of carbonyl (C=O) groups is 2. The van der Waals surface area contributed by atoms with Gasteiger partial charge in [0.15, 0.2) is 0 Å². The molecule has 0 aromatic heterocycles. The molecule has 0 aliphatic heterocycles. The smallest absolute Gasteiger partial charge is 0.264 e. The molecule has 1 N–H and O–H groups in total. The van der Waals surface area contributed by atoms with E-state index in [2.05, 4.69) is 5.32 Å². The molecule has 0 fully saturated rings. The summed E-state index contributed by atoms with van der Waals surface area (Å²) in [5, 5.41) is 3.05. The topological polar surface area (TPSA) is 96.0 Å². The van der Waals surface area contributed by atoms with Crippen LogP contribution in [-0.4, -0.2) is 50.9 Å². The molecule has 45 heavy (non-hydrogen) atoms. The minimum atomic E-state index is -4.15. The molecule has 0 bridgehead atoms. The molecule has 0 unspecified atom stereocenters. The number of anilines is 1. The summed E-state index contributed by atoms with van der Waals surface area (Å²) in [5.41, 5.74) is 2.87. The number of rotatable bonds is 14. The van der Waals surface area contributed by atoms with Gasteiger partial charge in [-0.25, -0.2) is 8.42 Å². The maximum absolute atomic E-state index is 14.5. The van der Waals surface area contributed by atoms with E-state index >= 15 is 0 Å². The van der Waals surface area contributed by atoms with Gasteiger partial charge in [-0.2, -0.15) is 0 Å². The van der Waals surface area contributed by atoms with E-state index in [4.69, 9.17) is 4.74 Å². The Morgan fingerprint density at radius 2 is 1.47 bits per heavy atom. The fourth-order valence-electron chi connectivity index (χ4n) is 4.92. The normalized spacial score (nSPS) is 12.5. The van der Waals surface area contributed by atoms with Crippen LogP contribution in [0.3, 0.4) is 0 Å². The Balaban J connectivity index is 1.80. The predicted octanol–water partition coefficient (Wildman–Crippen LogP) is 5.75. The average molecular weight is 628 g/mol. The highest BCUT2D eigenvalue weighted by atomic mass is 32.2. The van der Waals surface area contributed by atoms with Crippen molar-refractivity contribution in [3.05, 3.63) is 126 Å². The standard InChI is InChI=1S/C36H41N3O5S/c1-5-28(3)37-36(41)34(24-29-13-8-6-9-14-29)38(25-30-15-12-18-32(23-30)44-4)35(40)26-39(31-16-10-7-11-17-31)45(42,43)33-21-19-27(2)20-22-33/h6-23,28,34H,5,24-26H2,1-4H3,(H,37,41)/t28-,34+/m1/s1. The van der Waals surface area contributed by atoms with Crippen LogP contribution in [0.15, 0.2) is 114 Å². The van der Waals surface area contributed by atoms with E-state index in [-0.39, 0.29) is 29.8 Å². The summed E-state index contributed by atoms with van der Waals surface area (Å²) < 4.78 is 34.7. The summed E-state index contributed by atoms with van der Waals surface area (Å²) in [6, 6.07) is 30.8. The van der Waals surface area contributed by atoms with Gasteiger partial charge in [0.1, 0.15) is 18.3 Å². The maximum Gasteiger partial charge on any atom is 0.264 e. The maximum atomic E-state index is 14.5. The number of aryl methyl sites for hydroxylation is 1. The number of amides is 2. The molecule has 8 nitrogen and oxygen atoms in total. The Kier molecular flexibility index (Phi) is 11.4. The van der Waals surface area contributed by atoms with Gasteiger partial charge in [0.25, 0.3) is 10.0 Å². The zero-order valence-electron chi connectivity index (χ0n) is 26.2. The summed E-state index contributed by atoms with van der Waals surface area (Å²) in [7, 11) is -2.58. The lowest BCUT2D eigenvalue weighted by Crippen LogP contribution is -2.54. The SMILES string of the molecule is CC[C@@H](C)NC(=O)[C@H](Cc1ccccc1)N(Cc1cccc(OC)c1)C(=O)CN(c1ccccc1)S(=O)(=O)c1ccc(C)cc1. The summed E-state index contributed by atoms with van der Waals surface area (Å²) in [6.07, 6.45) is 0.957. The number of methoxy groups -OCH3 is 1. The first-order valence-corrected chi connectivity index (χ1v) is 16.5. The Bertz CT molecular complexity index is 1660. The molecule has 4 aromatic carbocycles. The van der Waals surface area contributed by atoms with Gasteiger partial charge in [0.2, 0.25) is 11.8 Å². The molecule has 0 aliphatic rings. The first-order valence-electron chi connectivity index (χ1n) is 15.0. The molecular weight excluding hydrogens is 586 g/mol. The second-order valence-corrected chi connectivity index (χ2v) is 12.9. The lowest BCUT2D eigenvalue weighted by atomic mass is 10.0. The van der Waals surface area contributed by atoms with Crippen molar-refractivity contribution in [3.8, 4) is 5.75 Å². The fourth-order valence-corrected chi connectivity index (χ4v) is 6.34. The van der Waals surface area contributed by atoms with Gasteiger partial charge in [-0.15, -0.1) is 0 Å². The number of nitrogens with zero attached hydrogens (tertiary/aromatic N) is 2. The van der Waals surface area contributed by atoms with Crippen molar-refractivity contribution < 1.29 is 22.7 Å². The van der Waals surface area contributed by atoms with Crippen molar-refractivity contribution in [2.24, 2.45) is 0 Å². The molecule has 0 spiro atoms. The van der Waals surface area contributed by atoms with Gasteiger partial charge in [0.05, 0.1) is 17.7 Å². The lowest BCUT2D eigenvalue weighted by Gasteiger charge is -2.34. The third-order valence-electron chi connectivity index (χ3n) is 7.69. The van der Waals surface area contributed by atoms with E-state index in [1.807, 2.05) is 69.3 Å². The Hall–Kier alpha value is -4.63. The summed E-state index contributed by atoms with van der Waals surface area (Å²) in [5.74, 6) is -0.217. The van der Waals surface area contributed by atoms with E-state index in [1.165, 1.54) is 17.0 Å². The molecule has 4 aromatic rings. The number of carbonyl (C=O) groups excluding carboxylic acids is 2. The van der Waals surface area contributed by atoms with Crippen molar-refractivity contribution >= 4 is 27.5 Å². The van der Waals surface area contributed by atoms with Crippen molar-refractivity contribution in [1.29, 1.82) is 0 Å². The number of hydrogen-bond acceptors (Lipinski definition) is 5. The van der Waals surface area contributed by atoms with Gasteiger partial charge >= 0.3 is 0 Å². The van der Waals surface area contributed by atoms with Crippen LogP contribution in [0.25, 0.3) is 0 Å². The molecule has 0 heterocycles. The summed E-state index contributed by atoms with van der Waals surface area (Å²) in [4.78, 5) is 30.0. The van der Waals surface area contributed by atoms with Crippen molar-refractivity contribution in [1.82, 2.24) is 10.2 Å². The van der Waals surface area contributed by atoms with Gasteiger partial charge in [-0.3, -0.25) is 13.9 Å². The molecule has 236 valence electrons. The number of benzene rings is 4. The highest BCUT2D eigenvalue weighted by molar-refractivity contribution is 7.92. The highest BCUT2D eigenvalue weighted by Crippen LogP contribution is 2.25. The van der Waals surface area contributed by atoms with Crippen LogP contribution in [0.5, 0.6) is 5.75 Å². The number of nitrogens with one attached hydrogen (secondary N) is 1. The average Bonchev–Trinajstić information content (AvgIpc) is 3.06. The van der Waals surface area contributed by atoms with E-state index in [0.717, 1.165) is 21.0 Å². The molecule has 2 amide bonds. The lowest BCUT2D eigenvalue weighted by molar-refractivity contribution is -0.140. The number of para-hydroxylation sites is 1. The van der Waals surface area contributed by atoms with Crippen LogP contribution in [0.2, 0.25) is 0 Å². The minimum absolute atomic E-state index is 0.0642. The van der Waals surface area contributed by atoms with Crippen LogP contribution in [-0.2, 0) is 32.6 Å². The number of sulfonamides is 1. The van der Waals surface area contributed by atoms with E-state index in [0.29, 0.717) is 17.9 Å².